The zero-order valence-electron chi connectivity index (χ0n) is 51.7. The Morgan fingerprint density at radius 2 is 0.500 bits per heavy atom. The number of ether oxygens (including phenoxy) is 3. The van der Waals surface area contributed by atoms with Crippen molar-refractivity contribution >= 4 is 17.9 Å². The van der Waals surface area contributed by atoms with E-state index in [1.807, 2.05) is 0 Å². The maximum absolute atomic E-state index is 12.9. The summed E-state index contributed by atoms with van der Waals surface area (Å²) in [4.78, 5) is 38.3. The SMILES string of the molecule is CC/C=C\C/C=C\C/C=C\C/C=C\CCCCCCC(=O)OC(COC(=O)CCCCCCC/C=C\CCCCCCC)COC(=O)CCCCCCCCCCCCCCCCCCC/C=C\C/C=C\CCCCCCC. The molecule has 1 unspecified atom stereocenters. The molecule has 1 atom stereocenters. The zero-order chi connectivity index (χ0) is 56.4. The summed E-state index contributed by atoms with van der Waals surface area (Å²) in [5.74, 6) is -0.906. The van der Waals surface area contributed by atoms with E-state index in [0.717, 1.165) is 109 Å². The Hall–Kier alpha value is -3.41. The third-order valence-corrected chi connectivity index (χ3v) is 14.6. The van der Waals surface area contributed by atoms with Gasteiger partial charge in [0.05, 0.1) is 0 Å². The van der Waals surface area contributed by atoms with Gasteiger partial charge in [-0.1, -0.05) is 286 Å². The lowest BCUT2D eigenvalue weighted by molar-refractivity contribution is -0.167. The first-order valence-corrected chi connectivity index (χ1v) is 33.6. The molecule has 0 aliphatic rings. The van der Waals surface area contributed by atoms with Crippen LogP contribution >= 0.6 is 0 Å². The predicted molar refractivity (Wildman–Crippen MR) is 339 cm³/mol. The Morgan fingerprint density at radius 3 is 0.795 bits per heavy atom. The van der Waals surface area contributed by atoms with E-state index in [1.54, 1.807) is 0 Å². The molecule has 0 heterocycles. The van der Waals surface area contributed by atoms with Gasteiger partial charge >= 0.3 is 17.9 Å². The lowest BCUT2D eigenvalue weighted by atomic mass is 10.0. The van der Waals surface area contributed by atoms with E-state index in [2.05, 4.69) is 106 Å². The average molecular weight is 1090 g/mol. The summed E-state index contributed by atoms with van der Waals surface area (Å²) in [6.45, 7) is 6.51. The molecule has 0 radical (unpaired) electrons. The van der Waals surface area contributed by atoms with Gasteiger partial charge in [0.2, 0.25) is 0 Å². The molecule has 6 nitrogen and oxygen atoms in total. The molecule has 0 aliphatic heterocycles. The molecule has 0 rings (SSSR count). The summed E-state index contributed by atoms with van der Waals surface area (Å²) in [6, 6.07) is 0. The van der Waals surface area contributed by atoms with E-state index in [4.69, 9.17) is 14.2 Å². The highest BCUT2D eigenvalue weighted by Gasteiger charge is 2.19. The van der Waals surface area contributed by atoms with Crippen LogP contribution in [0.1, 0.15) is 335 Å². The van der Waals surface area contributed by atoms with E-state index < -0.39 is 6.10 Å². The van der Waals surface area contributed by atoms with Crippen molar-refractivity contribution in [2.24, 2.45) is 0 Å². The number of rotatable bonds is 61. The minimum atomic E-state index is -0.793. The van der Waals surface area contributed by atoms with Crippen molar-refractivity contribution < 1.29 is 28.6 Å². The molecular weight excluding hydrogens is 961 g/mol. The average Bonchev–Trinajstić information content (AvgIpc) is 3.44. The fourth-order valence-corrected chi connectivity index (χ4v) is 9.58. The first-order chi connectivity index (χ1) is 38.5. The summed E-state index contributed by atoms with van der Waals surface area (Å²) in [5, 5.41) is 0. The van der Waals surface area contributed by atoms with Crippen molar-refractivity contribution in [2.75, 3.05) is 13.2 Å². The van der Waals surface area contributed by atoms with Crippen LogP contribution in [0.25, 0.3) is 0 Å². The van der Waals surface area contributed by atoms with Gasteiger partial charge < -0.3 is 14.2 Å². The number of carbonyl (C=O) groups is 3. The fourth-order valence-electron chi connectivity index (χ4n) is 9.58. The molecule has 0 N–H and O–H groups in total. The normalized spacial score (nSPS) is 12.6. The van der Waals surface area contributed by atoms with Crippen LogP contribution in [0.3, 0.4) is 0 Å². The molecule has 0 saturated carbocycles. The number of unbranched alkanes of at least 4 members (excludes halogenated alkanes) is 36. The minimum Gasteiger partial charge on any atom is -0.462 e. The minimum absolute atomic E-state index is 0.0870. The third kappa shape index (κ3) is 63.4. The van der Waals surface area contributed by atoms with Gasteiger partial charge in [-0.2, -0.15) is 0 Å². The van der Waals surface area contributed by atoms with E-state index in [1.165, 1.54) is 186 Å². The lowest BCUT2D eigenvalue weighted by Gasteiger charge is -2.18. The Bertz CT molecular complexity index is 1480. The van der Waals surface area contributed by atoms with E-state index >= 15 is 0 Å². The Kier molecular flexibility index (Phi) is 63.2. The van der Waals surface area contributed by atoms with Crippen LogP contribution in [-0.4, -0.2) is 37.2 Å². The third-order valence-electron chi connectivity index (χ3n) is 14.6. The van der Waals surface area contributed by atoms with E-state index in [0.29, 0.717) is 19.3 Å². The highest BCUT2D eigenvalue weighted by Crippen LogP contribution is 2.17. The molecular formula is C72H126O6. The van der Waals surface area contributed by atoms with Crippen molar-refractivity contribution in [1.29, 1.82) is 0 Å². The number of allylic oxidation sites excluding steroid dienone is 14. The highest BCUT2D eigenvalue weighted by molar-refractivity contribution is 5.71. The Morgan fingerprint density at radius 1 is 0.269 bits per heavy atom. The van der Waals surface area contributed by atoms with E-state index in [9.17, 15) is 14.4 Å². The molecule has 0 aromatic rings. The zero-order valence-corrected chi connectivity index (χ0v) is 51.7. The van der Waals surface area contributed by atoms with Crippen molar-refractivity contribution in [1.82, 2.24) is 0 Å². The molecule has 0 fully saturated rings. The lowest BCUT2D eigenvalue weighted by Crippen LogP contribution is -2.30. The second kappa shape index (κ2) is 66.1. The molecule has 0 bridgehead atoms. The summed E-state index contributed by atoms with van der Waals surface area (Å²) in [6.07, 6.45) is 87.5. The van der Waals surface area contributed by atoms with Gasteiger partial charge in [0.1, 0.15) is 13.2 Å². The second-order valence-corrected chi connectivity index (χ2v) is 22.3. The maximum atomic E-state index is 12.9. The van der Waals surface area contributed by atoms with Crippen LogP contribution in [0, 0.1) is 0 Å². The fraction of sp³-hybridized carbons (Fsp3) is 0.764. The topological polar surface area (TPSA) is 78.9 Å². The summed E-state index contributed by atoms with van der Waals surface area (Å²) in [5.41, 5.74) is 0. The van der Waals surface area contributed by atoms with Crippen LogP contribution in [-0.2, 0) is 28.6 Å². The van der Waals surface area contributed by atoms with Crippen LogP contribution in [0.2, 0.25) is 0 Å². The van der Waals surface area contributed by atoms with Gasteiger partial charge in [-0.3, -0.25) is 14.4 Å². The molecule has 0 aromatic heterocycles. The van der Waals surface area contributed by atoms with Gasteiger partial charge in [0.15, 0.2) is 6.10 Å². The van der Waals surface area contributed by atoms with Gasteiger partial charge in [-0.15, -0.1) is 0 Å². The standard InChI is InChI=1S/C72H126O6/c1-4-7-10-13-16-19-22-25-28-30-31-32-33-34-35-36-37-38-39-40-41-43-44-47-50-53-56-59-62-65-71(74)77-68-69(67-76-70(73)64-61-58-55-52-49-46-27-24-21-18-15-12-9-6-3)78-72(75)66-63-60-57-54-51-48-45-42-29-26-23-20-17-14-11-8-5-2/h8,11,17,20,22,24-27,29-31,45,48,69H,4-7,9-10,12-16,18-19,21,23,28,32-44,46-47,49-68H2,1-3H3/b11-8-,20-17-,25-22-,27-24-,29-26-,31-30-,48-45-. The monoisotopic (exact) mass is 1090 g/mol. The van der Waals surface area contributed by atoms with Crippen molar-refractivity contribution in [3.05, 3.63) is 85.1 Å². The van der Waals surface area contributed by atoms with Gasteiger partial charge in [-0.05, 0) is 116 Å². The van der Waals surface area contributed by atoms with Crippen LogP contribution in [0.5, 0.6) is 0 Å². The van der Waals surface area contributed by atoms with Crippen molar-refractivity contribution in [2.45, 2.75) is 341 Å². The van der Waals surface area contributed by atoms with Gasteiger partial charge in [0, 0.05) is 19.3 Å². The number of hydrogen-bond donors (Lipinski definition) is 0. The predicted octanol–water partition coefficient (Wildman–Crippen LogP) is 23.1. The van der Waals surface area contributed by atoms with Gasteiger partial charge in [0.25, 0.3) is 0 Å². The molecule has 0 amide bonds. The van der Waals surface area contributed by atoms with Gasteiger partial charge in [-0.25, -0.2) is 0 Å². The van der Waals surface area contributed by atoms with Crippen molar-refractivity contribution in [3.63, 3.8) is 0 Å². The molecule has 0 saturated heterocycles. The quantitative estimate of drug-likeness (QED) is 0.0261. The first kappa shape index (κ1) is 74.6. The number of hydrogen-bond acceptors (Lipinski definition) is 6. The van der Waals surface area contributed by atoms with Crippen LogP contribution < -0.4 is 0 Å². The van der Waals surface area contributed by atoms with Crippen LogP contribution in [0.15, 0.2) is 85.1 Å². The molecule has 450 valence electrons. The second-order valence-electron chi connectivity index (χ2n) is 22.3. The molecule has 0 aliphatic carbocycles. The first-order valence-electron chi connectivity index (χ1n) is 33.6. The summed E-state index contributed by atoms with van der Waals surface area (Å²) in [7, 11) is 0. The summed E-state index contributed by atoms with van der Waals surface area (Å²) < 4.78 is 16.9. The highest BCUT2D eigenvalue weighted by atomic mass is 16.6. The Balaban J connectivity index is 4.26. The molecule has 6 heteroatoms. The van der Waals surface area contributed by atoms with Crippen molar-refractivity contribution in [3.8, 4) is 0 Å². The number of esters is 3. The molecule has 0 aromatic carbocycles. The molecule has 0 spiro atoms. The Labute approximate surface area is 484 Å². The smallest absolute Gasteiger partial charge is 0.306 e. The summed E-state index contributed by atoms with van der Waals surface area (Å²) >= 11 is 0. The van der Waals surface area contributed by atoms with E-state index in [-0.39, 0.29) is 31.1 Å². The largest absolute Gasteiger partial charge is 0.462 e. The number of carbonyl (C=O) groups excluding carboxylic acids is 3. The molecule has 78 heavy (non-hydrogen) atoms. The maximum Gasteiger partial charge on any atom is 0.306 e. The van der Waals surface area contributed by atoms with Crippen LogP contribution in [0.4, 0.5) is 0 Å².